The molecule has 2 heterocycles. The lowest BCUT2D eigenvalue weighted by molar-refractivity contribution is 0.631. The Labute approximate surface area is 310 Å². The van der Waals surface area contributed by atoms with Crippen LogP contribution < -0.4 is 26.2 Å². The van der Waals surface area contributed by atoms with Crippen LogP contribution in [-0.2, 0) is 0 Å². The van der Waals surface area contributed by atoms with Gasteiger partial charge in [0.25, 0.3) is 6.71 Å². The normalized spacial score (nSPS) is 13.3. The van der Waals surface area contributed by atoms with E-state index >= 15 is 4.39 Å². The standard InChI is InChI=1S/C48H48BFN2/c1-29(2)33-13-19-38(20-14-33)51-44-23-17-35(31(5)6)25-41(44)49-42-26-36(32(7)8)18-24-45(42)52(39-21-15-34(16-22-39)30(3)4)47-28-37(27-46(51)48(47)49)40-11-9-10-12-43(40)50/h9-32H,1-8H3. The van der Waals surface area contributed by atoms with Crippen molar-refractivity contribution in [2.45, 2.75) is 79.1 Å². The first-order valence-corrected chi connectivity index (χ1v) is 19.0. The molecule has 0 saturated heterocycles. The topological polar surface area (TPSA) is 6.48 Å². The lowest BCUT2D eigenvalue weighted by Gasteiger charge is -2.45. The lowest BCUT2D eigenvalue weighted by Crippen LogP contribution is -2.61. The zero-order valence-electron chi connectivity index (χ0n) is 31.7. The second-order valence-electron chi connectivity index (χ2n) is 16.0. The summed E-state index contributed by atoms with van der Waals surface area (Å²) in [6.45, 7) is 18.1. The van der Waals surface area contributed by atoms with Crippen LogP contribution >= 0.6 is 0 Å². The van der Waals surface area contributed by atoms with Crippen molar-refractivity contribution in [1.82, 2.24) is 0 Å². The molecule has 0 N–H and O–H groups in total. The quantitative estimate of drug-likeness (QED) is 0.154. The molecule has 0 bridgehead atoms. The third-order valence-corrected chi connectivity index (χ3v) is 11.3. The second-order valence-corrected chi connectivity index (χ2v) is 16.0. The van der Waals surface area contributed by atoms with E-state index in [1.807, 2.05) is 12.1 Å². The molecule has 0 saturated carbocycles. The fourth-order valence-corrected chi connectivity index (χ4v) is 8.18. The van der Waals surface area contributed by atoms with Crippen molar-refractivity contribution < 1.29 is 4.39 Å². The summed E-state index contributed by atoms with van der Waals surface area (Å²) in [7, 11) is 0. The molecule has 0 unspecified atom stereocenters. The predicted molar refractivity (Wildman–Crippen MR) is 222 cm³/mol. The number of halogens is 1. The van der Waals surface area contributed by atoms with Crippen molar-refractivity contribution in [3.8, 4) is 11.1 Å². The first-order chi connectivity index (χ1) is 25.0. The van der Waals surface area contributed by atoms with Crippen LogP contribution in [0.15, 0.2) is 121 Å². The molecule has 0 spiro atoms. The Bertz CT molecular complexity index is 2150. The van der Waals surface area contributed by atoms with Crippen LogP contribution in [0, 0.1) is 5.82 Å². The summed E-state index contributed by atoms with van der Waals surface area (Å²) in [6.07, 6.45) is 0. The average Bonchev–Trinajstić information content (AvgIpc) is 3.14. The Kier molecular flexibility index (Phi) is 8.61. The molecule has 2 aliphatic heterocycles. The molecule has 6 aromatic rings. The van der Waals surface area contributed by atoms with Gasteiger partial charge in [-0.05, 0) is 122 Å². The molecule has 0 aliphatic carbocycles. The SMILES string of the molecule is CC(C)c1ccc(N2c3ccc(C(C)C)cc3B3c4cc(C(C)C)ccc4N(c4ccc(C(C)C)cc4)c4cc(-c5ccccc5F)cc2c43)cc1. The Balaban J connectivity index is 1.50. The third-order valence-electron chi connectivity index (χ3n) is 11.3. The van der Waals surface area contributed by atoms with Crippen LogP contribution in [0.4, 0.5) is 38.5 Å². The first-order valence-electron chi connectivity index (χ1n) is 19.0. The second kappa shape index (κ2) is 13.2. The van der Waals surface area contributed by atoms with E-state index in [0.717, 1.165) is 28.3 Å². The summed E-state index contributed by atoms with van der Waals surface area (Å²) in [5.41, 5.74) is 17.3. The minimum absolute atomic E-state index is 0.000514. The predicted octanol–water partition coefficient (Wildman–Crippen LogP) is 12.1. The van der Waals surface area contributed by atoms with Crippen molar-refractivity contribution in [1.29, 1.82) is 0 Å². The van der Waals surface area contributed by atoms with Crippen molar-refractivity contribution >= 4 is 57.2 Å². The summed E-state index contributed by atoms with van der Waals surface area (Å²) < 4.78 is 15.8. The Morgan fingerprint density at radius 2 is 0.846 bits per heavy atom. The highest BCUT2D eigenvalue weighted by Crippen LogP contribution is 2.47. The third kappa shape index (κ3) is 5.64. The molecular formula is C48H48BFN2. The number of rotatable bonds is 7. The van der Waals surface area contributed by atoms with Crippen molar-refractivity contribution in [2.75, 3.05) is 9.80 Å². The molecule has 6 aromatic carbocycles. The maximum absolute atomic E-state index is 15.8. The highest BCUT2D eigenvalue weighted by Gasteiger charge is 2.44. The average molecular weight is 683 g/mol. The van der Waals surface area contributed by atoms with Gasteiger partial charge in [0.2, 0.25) is 0 Å². The maximum Gasteiger partial charge on any atom is 0.252 e. The lowest BCUT2D eigenvalue weighted by atomic mass is 9.33. The summed E-state index contributed by atoms with van der Waals surface area (Å²) in [4.78, 5) is 4.86. The van der Waals surface area contributed by atoms with Crippen LogP contribution in [0.3, 0.4) is 0 Å². The number of nitrogens with zero attached hydrogens (tertiary/aromatic N) is 2. The molecule has 0 radical (unpaired) electrons. The zero-order valence-corrected chi connectivity index (χ0v) is 31.7. The molecule has 52 heavy (non-hydrogen) atoms. The molecule has 2 nitrogen and oxygen atoms in total. The highest BCUT2D eigenvalue weighted by molar-refractivity contribution is 7.00. The van der Waals surface area contributed by atoms with Crippen LogP contribution in [0.2, 0.25) is 0 Å². The van der Waals surface area contributed by atoms with Crippen LogP contribution in [0.25, 0.3) is 11.1 Å². The van der Waals surface area contributed by atoms with Gasteiger partial charge in [0.1, 0.15) is 5.82 Å². The summed E-state index contributed by atoms with van der Waals surface area (Å²) in [5.74, 6) is 1.41. The van der Waals surface area contributed by atoms with Gasteiger partial charge in [0.05, 0.1) is 0 Å². The van der Waals surface area contributed by atoms with Gasteiger partial charge < -0.3 is 9.80 Å². The van der Waals surface area contributed by atoms with Crippen molar-refractivity contribution in [3.63, 3.8) is 0 Å². The highest BCUT2D eigenvalue weighted by atomic mass is 19.1. The van der Waals surface area contributed by atoms with Crippen molar-refractivity contribution in [2.24, 2.45) is 0 Å². The minimum atomic E-state index is -0.220. The fraction of sp³-hybridized carbons (Fsp3) is 0.250. The zero-order chi connectivity index (χ0) is 36.4. The molecule has 260 valence electrons. The van der Waals surface area contributed by atoms with Gasteiger partial charge in [-0.2, -0.15) is 0 Å². The van der Waals surface area contributed by atoms with Crippen LogP contribution in [-0.4, -0.2) is 6.71 Å². The Morgan fingerprint density at radius 1 is 0.442 bits per heavy atom. The minimum Gasteiger partial charge on any atom is -0.311 e. The Hall–Kier alpha value is -5.09. The van der Waals surface area contributed by atoms with Gasteiger partial charge in [-0.3, -0.25) is 0 Å². The van der Waals surface area contributed by atoms with E-state index in [0.29, 0.717) is 29.2 Å². The van der Waals surface area contributed by atoms with Crippen LogP contribution in [0.5, 0.6) is 0 Å². The molecule has 0 fully saturated rings. The Morgan fingerprint density at radius 3 is 1.25 bits per heavy atom. The number of fused-ring (bicyclic) bond motifs is 4. The number of hydrogen-bond donors (Lipinski definition) is 0. The van der Waals surface area contributed by atoms with Crippen molar-refractivity contribution in [3.05, 3.63) is 149 Å². The van der Waals surface area contributed by atoms with E-state index in [1.165, 1.54) is 50.0 Å². The van der Waals surface area contributed by atoms with E-state index in [9.17, 15) is 0 Å². The number of benzene rings is 6. The van der Waals surface area contributed by atoms with E-state index in [1.54, 1.807) is 12.1 Å². The molecular weight excluding hydrogens is 634 g/mol. The van der Waals surface area contributed by atoms with Gasteiger partial charge in [-0.15, -0.1) is 0 Å². The van der Waals surface area contributed by atoms with Gasteiger partial charge in [0, 0.05) is 39.7 Å². The molecule has 8 rings (SSSR count). The smallest absolute Gasteiger partial charge is 0.252 e. The largest absolute Gasteiger partial charge is 0.311 e. The molecule has 0 atom stereocenters. The van der Waals surface area contributed by atoms with Crippen LogP contribution in [0.1, 0.15) is 101 Å². The van der Waals surface area contributed by atoms with E-state index in [-0.39, 0.29) is 12.5 Å². The van der Waals surface area contributed by atoms with Gasteiger partial charge in [0.15, 0.2) is 0 Å². The molecule has 0 amide bonds. The summed E-state index contributed by atoms with van der Waals surface area (Å²) in [6, 6.07) is 43.9. The summed E-state index contributed by atoms with van der Waals surface area (Å²) in [5, 5.41) is 0. The van der Waals surface area contributed by atoms with Gasteiger partial charge in [-0.1, -0.05) is 122 Å². The van der Waals surface area contributed by atoms with E-state index in [4.69, 9.17) is 0 Å². The number of anilines is 6. The fourth-order valence-electron chi connectivity index (χ4n) is 8.18. The molecule has 2 aliphatic rings. The van der Waals surface area contributed by atoms with E-state index in [2.05, 4.69) is 162 Å². The first kappa shape index (κ1) is 34.0. The van der Waals surface area contributed by atoms with Gasteiger partial charge in [-0.25, -0.2) is 4.39 Å². The van der Waals surface area contributed by atoms with E-state index < -0.39 is 0 Å². The molecule has 4 heteroatoms. The van der Waals surface area contributed by atoms with Gasteiger partial charge >= 0.3 is 0 Å². The number of hydrogen-bond acceptors (Lipinski definition) is 2. The summed E-state index contributed by atoms with van der Waals surface area (Å²) >= 11 is 0. The molecule has 0 aromatic heterocycles. The monoisotopic (exact) mass is 682 g/mol. The maximum atomic E-state index is 15.8.